The molecule has 1 unspecified atom stereocenters. The van der Waals surface area contributed by atoms with Gasteiger partial charge in [0.15, 0.2) is 0 Å². The minimum atomic E-state index is 0.399. The topological polar surface area (TPSA) is 29.3 Å². The van der Waals surface area contributed by atoms with Gasteiger partial charge in [-0.1, -0.05) is 40.0 Å². The number of hydrogen-bond donors (Lipinski definition) is 2. The fourth-order valence-corrected chi connectivity index (χ4v) is 2.34. The lowest BCUT2D eigenvalue weighted by Gasteiger charge is -2.27. The summed E-state index contributed by atoms with van der Waals surface area (Å²) in [7, 11) is 0. The molecule has 0 aliphatic rings. The summed E-state index contributed by atoms with van der Waals surface area (Å²) in [6.07, 6.45) is 6.33. The molecule has 3 heteroatoms. The molecule has 0 saturated carbocycles. The van der Waals surface area contributed by atoms with Crippen molar-refractivity contribution in [3.05, 3.63) is 0 Å². The molecule has 0 rings (SSSR count). The van der Waals surface area contributed by atoms with Gasteiger partial charge in [-0.25, -0.2) is 0 Å². The van der Waals surface area contributed by atoms with Crippen LogP contribution >= 0.6 is 12.6 Å². The average Bonchev–Trinajstić information content (AvgIpc) is 2.23. The van der Waals surface area contributed by atoms with Gasteiger partial charge in [0.05, 0.1) is 5.37 Å². The lowest BCUT2D eigenvalue weighted by Crippen LogP contribution is -2.36. The number of hydrogen-bond acceptors (Lipinski definition) is 3. The Morgan fingerprint density at radius 2 is 1.75 bits per heavy atom. The molecule has 0 radical (unpaired) electrons. The molecule has 0 aromatic carbocycles. The lowest BCUT2D eigenvalue weighted by atomic mass is 10.1. The van der Waals surface area contributed by atoms with Crippen LogP contribution in [0.1, 0.15) is 52.9 Å². The Morgan fingerprint density at radius 1 is 1.12 bits per heavy atom. The Bertz CT molecular complexity index is 145. The zero-order chi connectivity index (χ0) is 12.4. The third-order valence-corrected chi connectivity index (χ3v) is 3.43. The predicted molar refractivity (Wildman–Crippen MR) is 77.0 cm³/mol. The Hall–Kier alpha value is 0.270. The fraction of sp³-hybridized carbons (Fsp3) is 1.00. The summed E-state index contributed by atoms with van der Waals surface area (Å²) in [5, 5.41) is 0.399. The molecule has 0 aromatic heterocycles. The summed E-state index contributed by atoms with van der Waals surface area (Å²) in [4.78, 5) is 2.40. The van der Waals surface area contributed by atoms with Crippen LogP contribution in [0.2, 0.25) is 0 Å². The maximum Gasteiger partial charge on any atom is 0.0528 e. The summed E-state index contributed by atoms with van der Waals surface area (Å²) >= 11 is 4.69. The minimum absolute atomic E-state index is 0.399. The second-order valence-electron chi connectivity index (χ2n) is 4.98. The van der Waals surface area contributed by atoms with Crippen LogP contribution in [0.25, 0.3) is 0 Å². The summed E-state index contributed by atoms with van der Waals surface area (Å²) in [5.74, 6) is 0.828. The van der Waals surface area contributed by atoms with E-state index >= 15 is 0 Å². The van der Waals surface area contributed by atoms with Crippen LogP contribution in [-0.2, 0) is 0 Å². The molecule has 0 aliphatic heterocycles. The highest BCUT2D eigenvalue weighted by Crippen LogP contribution is 2.15. The highest BCUT2D eigenvalue weighted by molar-refractivity contribution is 7.80. The molecular formula is C13H30N2S. The summed E-state index contributed by atoms with van der Waals surface area (Å²) in [5.41, 5.74) is 5.62. The number of nitrogens with zero attached hydrogens (tertiary/aromatic N) is 1. The van der Waals surface area contributed by atoms with Gasteiger partial charge in [-0.2, -0.15) is 12.6 Å². The summed E-state index contributed by atoms with van der Waals surface area (Å²) in [6.45, 7) is 9.62. The second kappa shape index (κ2) is 10.4. The molecule has 2 N–H and O–H groups in total. The van der Waals surface area contributed by atoms with Crippen molar-refractivity contribution < 1.29 is 0 Å². The molecule has 0 aromatic rings. The highest BCUT2D eigenvalue weighted by atomic mass is 32.1. The van der Waals surface area contributed by atoms with Gasteiger partial charge in [0.2, 0.25) is 0 Å². The van der Waals surface area contributed by atoms with Crippen molar-refractivity contribution in [3.8, 4) is 0 Å². The Kier molecular flexibility index (Phi) is 10.6. The molecule has 0 heterocycles. The van der Waals surface area contributed by atoms with Crippen LogP contribution in [0, 0.1) is 5.92 Å². The Morgan fingerprint density at radius 3 is 2.25 bits per heavy atom. The predicted octanol–water partition coefficient (Wildman–Crippen LogP) is 3.13. The fourth-order valence-electron chi connectivity index (χ4n) is 1.92. The maximum atomic E-state index is 5.62. The normalized spacial score (nSPS) is 13.7. The van der Waals surface area contributed by atoms with Crippen molar-refractivity contribution in [2.24, 2.45) is 11.7 Å². The molecule has 0 bridgehead atoms. The van der Waals surface area contributed by atoms with Crippen LogP contribution in [0.4, 0.5) is 0 Å². The zero-order valence-electron chi connectivity index (χ0n) is 11.3. The maximum absolute atomic E-state index is 5.62. The molecule has 16 heavy (non-hydrogen) atoms. The van der Waals surface area contributed by atoms with E-state index in [4.69, 9.17) is 5.73 Å². The van der Waals surface area contributed by atoms with E-state index in [0.29, 0.717) is 5.37 Å². The minimum Gasteiger partial charge on any atom is -0.329 e. The van der Waals surface area contributed by atoms with E-state index in [-0.39, 0.29) is 0 Å². The average molecular weight is 246 g/mol. The first-order chi connectivity index (χ1) is 7.61. The molecular weight excluding hydrogens is 216 g/mol. The van der Waals surface area contributed by atoms with Crippen LogP contribution < -0.4 is 5.73 Å². The van der Waals surface area contributed by atoms with Crippen molar-refractivity contribution in [2.45, 2.75) is 58.2 Å². The standard InChI is InChI=1S/C13H30N2S/c1-4-10-15(11-9-14)13(16)8-6-5-7-12(2)3/h12-13,16H,4-11,14H2,1-3H3. The zero-order valence-corrected chi connectivity index (χ0v) is 12.2. The van der Waals surface area contributed by atoms with Gasteiger partial charge in [0, 0.05) is 13.1 Å². The first-order valence-electron chi connectivity index (χ1n) is 6.74. The van der Waals surface area contributed by atoms with Crippen LogP contribution in [0.5, 0.6) is 0 Å². The third-order valence-electron chi connectivity index (χ3n) is 2.84. The van der Waals surface area contributed by atoms with E-state index < -0.39 is 0 Å². The third kappa shape index (κ3) is 8.43. The number of nitrogens with two attached hydrogens (primary N) is 1. The lowest BCUT2D eigenvalue weighted by molar-refractivity contribution is 0.251. The largest absolute Gasteiger partial charge is 0.329 e. The molecule has 98 valence electrons. The van der Waals surface area contributed by atoms with E-state index in [2.05, 4.69) is 38.3 Å². The van der Waals surface area contributed by atoms with Crippen LogP contribution in [0.15, 0.2) is 0 Å². The first-order valence-corrected chi connectivity index (χ1v) is 7.25. The van der Waals surface area contributed by atoms with Gasteiger partial charge >= 0.3 is 0 Å². The monoisotopic (exact) mass is 246 g/mol. The smallest absolute Gasteiger partial charge is 0.0528 e. The van der Waals surface area contributed by atoms with Gasteiger partial charge in [0.1, 0.15) is 0 Å². The Labute approximate surface area is 107 Å². The van der Waals surface area contributed by atoms with Gasteiger partial charge in [-0.15, -0.1) is 0 Å². The molecule has 0 spiro atoms. The number of thiol groups is 1. The first kappa shape index (κ1) is 16.3. The van der Waals surface area contributed by atoms with Crippen molar-refractivity contribution in [2.75, 3.05) is 19.6 Å². The molecule has 2 nitrogen and oxygen atoms in total. The van der Waals surface area contributed by atoms with E-state index in [9.17, 15) is 0 Å². The van der Waals surface area contributed by atoms with Gasteiger partial charge < -0.3 is 5.73 Å². The van der Waals surface area contributed by atoms with Crippen molar-refractivity contribution >= 4 is 12.6 Å². The van der Waals surface area contributed by atoms with Crippen LogP contribution in [0.3, 0.4) is 0 Å². The van der Waals surface area contributed by atoms with E-state index in [1.165, 1.54) is 32.1 Å². The molecule has 0 fully saturated rings. The van der Waals surface area contributed by atoms with E-state index in [1.807, 2.05) is 0 Å². The molecule has 0 saturated heterocycles. The molecule has 0 amide bonds. The van der Waals surface area contributed by atoms with Gasteiger partial charge in [0.25, 0.3) is 0 Å². The summed E-state index contributed by atoms with van der Waals surface area (Å²) < 4.78 is 0. The van der Waals surface area contributed by atoms with Crippen molar-refractivity contribution in [1.82, 2.24) is 4.90 Å². The van der Waals surface area contributed by atoms with Gasteiger partial charge in [-0.3, -0.25) is 4.90 Å². The Balaban J connectivity index is 3.68. The molecule has 0 aliphatic carbocycles. The number of rotatable bonds is 10. The van der Waals surface area contributed by atoms with E-state index in [0.717, 1.165) is 25.6 Å². The van der Waals surface area contributed by atoms with Crippen molar-refractivity contribution in [3.63, 3.8) is 0 Å². The van der Waals surface area contributed by atoms with Crippen LogP contribution in [-0.4, -0.2) is 29.9 Å². The van der Waals surface area contributed by atoms with Gasteiger partial charge in [-0.05, 0) is 25.3 Å². The second-order valence-corrected chi connectivity index (χ2v) is 5.58. The quantitative estimate of drug-likeness (QED) is 0.352. The highest BCUT2D eigenvalue weighted by Gasteiger charge is 2.12. The van der Waals surface area contributed by atoms with Crippen molar-refractivity contribution in [1.29, 1.82) is 0 Å². The SMILES string of the molecule is CCCN(CCN)C(S)CCCCC(C)C. The molecule has 1 atom stereocenters. The number of unbranched alkanes of at least 4 members (excludes halogenated alkanes) is 1. The summed E-state index contributed by atoms with van der Waals surface area (Å²) in [6, 6.07) is 0. The van der Waals surface area contributed by atoms with E-state index in [1.54, 1.807) is 0 Å².